The van der Waals surface area contributed by atoms with Crippen LogP contribution in [0.4, 0.5) is 5.69 Å². The molecule has 0 aliphatic carbocycles. The van der Waals surface area contributed by atoms with Crippen LogP contribution < -0.4 is 5.32 Å². The Balaban J connectivity index is 1.81. The number of carbonyl (C=O) groups excluding carboxylic acids is 1. The van der Waals surface area contributed by atoms with Crippen molar-refractivity contribution in [2.45, 2.75) is 13.1 Å². The average molecular weight is 356 g/mol. The third-order valence-corrected chi connectivity index (χ3v) is 4.74. The Labute approximate surface area is 158 Å². The van der Waals surface area contributed by atoms with Gasteiger partial charge in [-0.05, 0) is 36.3 Å². The van der Waals surface area contributed by atoms with Gasteiger partial charge < -0.3 is 10.4 Å². The van der Waals surface area contributed by atoms with Crippen LogP contribution in [0.3, 0.4) is 0 Å². The van der Waals surface area contributed by atoms with Gasteiger partial charge in [0.1, 0.15) is 11.9 Å². The monoisotopic (exact) mass is 356 g/mol. The summed E-state index contributed by atoms with van der Waals surface area (Å²) >= 11 is 0. The molecule has 4 heteroatoms. The molecule has 0 fully saturated rings. The molecule has 1 aliphatic heterocycles. The van der Waals surface area contributed by atoms with E-state index in [0.717, 1.165) is 16.8 Å². The van der Waals surface area contributed by atoms with E-state index in [1.165, 1.54) is 0 Å². The fourth-order valence-corrected chi connectivity index (χ4v) is 3.37. The summed E-state index contributed by atoms with van der Waals surface area (Å²) in [6.45, 7) is 1.89. The number of hydrogen-bond donors (Lipinski definition) is 2. The van der Waals surface area contributed by atoms with Crippen molar-refractivity contribution in [3.05, 3.63) is 102 Å². The minimum absolute atomic E-state index is 0.0760. The van der Waals surface area contributed by atoms with Gasteiger partial charge in [-0.25, -0.2) is 0 Å². The van der Waals surface area contributed by atoms with Crippen LogP contribution in [-0.2, 0) is 0 Å². The standard InChI is InChI=1S/C23H20N2O2/c1-16(18-11-6-8-14-21(18)26)15-25-22(17-9-3-2-4-10-17)24-20-13-7-5-12-19(20)23(25)27/h2-15,22,24,26H,1H3/b16-15+. The average Bonchev–Trinajstić information content (AvgIpc) is 2.71. The van der Waals surface area contributed by atoms with Crippen LogP contribution in [0.1, 0.15) is 34.6 Å². The number of rotatable bonds is 3. The first kappa shape index (κ1) is 16.9. The zero-order valence-corrected chi connectivity index (χ0v) is 15.0. The third-order valence-electron chi connectivity index (χ3n) is 4.74. The molecule has 1 amide bonds. The Hall–Kier alpha value is -3.53. The lowest BCUT2D eigenvalue weighted by Crippen LogP contribution is -2.39. The summed E-state index contributed by atoms with van der Waals surface area (Å²) < 4.78 is 0. The van der Waals surface area contributed by atoms with E-state index in [1.807, 2.05) is 73.7 Å². The number of phenolic OH excluding ortho intramolecular Hbond substituents is 1. The lowest BCUT2D eigenvalue weighted by atomic mass is 10.0. The van der Waals surface area contributed by atoms with Crippen molar-refractivity contribution >= 4 is 17.2 Å². The van der Waals surface area contributed by atoms with Gasteiger partial charge in [0.15, 0.2) is 0 Å². The fourth-order valence-electron chi connectivity index (χ4n) is 3.37. The normalized spacial score (nSPS) is 16.6. The number of phenols is 1. The van der Waals surface area contributed by atoms with E-state index in [9.17, 15) is 9.90 Å². The molecule has 134 valence electrons. The molecule has 1 atom stereocenters. The summed E-state index contributed by atoms with van der Waals surface area (Å²) in [7, 11) is 0. The summed E-state index contributed by atoms with van der Waals surface area (Å²) in [5, 5.41) is 13.6. The lowest BCUT2D eigenvalue weighted by Gasteiger charge is -2.36. The molecule has 2 N–H and O–H groups in total. The Morgan fingerprint density at radius 1 is 0.963 bits per heavy atom. The molecule has 0 bridgehead atoms. The SMILES string of the molecule is C/C(=C\N1C(=O)c2ccccc2NC1c1ccccc1)c1ccccc1O. The van der Waals surface area contributed by atoms with Gasteiger partial charge in [-0.15, -0.1) is 0 Å². The molecule has 0 radical (unpaired) electrons. The highest BCUT2D eigenvalue weighted by Crippen LogP contribution is 2.35. The van der Waals surface area contributed by atoms with Gasteiger partial charge >= 0.3 is 0 Å². The van der Waals surface area contributed by atoms with Crippen LogP contribution in [0.15, 0.2) is 85.1 Å². The predicted molar refractivity (Wildman–Crippen MR) is 107 cm³/mol. The first-order valence-electron chi connectivity index (χ1n) is 8.85. The summed E-state index contributed by atoms with van der Waals surface area (Å²) in [6.07, 6.45) is 1.48. The van der Waals surface area contributed by atoms with Gasteiger partial charge in [-0.1, -0.05) is 60.7 Å². The largest absolute Gasteiger partial charge is 0.507 e. The highest BCUT2D eigenvalue weighted by Gasteiger charge is 2.31. The zero-order valence-electron chi connectivity index (χ0n) is 15.0. The van der Waals surface area contributed by atoms with Gasteiger partial charge in [0.05, 0.1) is 5.56 Å². The van der Waals surface area contributed by atoms with Crippen molar-refractivity contribution < 1.29 is 9.90 Å². The molecule has 27 heavy (non-hydrogen) atoms. The van der Waals surface area contributed by atoms with Crippen molar-refractivity contribution in [2.75, 3.05) is 5.32 Å². The molecule has 1 aliphatic rings. The molecule has 4 nitrogen and oxygen atoms in total. The van der Waals surface area contributed by atoms with Crippen molar-refractivity contribution in [2.24, 2.45) is 0 Å². The topological polar surface area (TPSA) is 52.6 Å². The van der Waals surface area contributed by atoms with Crippen LogP contribution in [0.25, 0.3) is 5.57 Å². The first-order chi connectivity index (χ1) is 13.1. The van der Waals surface area contributed by atoms with Crippen molar-refractivity contribution in [3.63, 3.8) is 0 Å². The molecule has 1 unspecified atom stereocenters. The van der Waals surface area contributed by atoms with E-state index in [1.54, 1.807) is 23.2 Å². The number of aromatic hydroxyl groups is 1. The lowest BCUT2D eigenvalue weighted by molar-refractivity contribution is 0.0771. The number of anilines is 1. The van der Waals surface area contributed by atoms with Gasteiger partial charge in [-0.3, -0.25) is 9.69 Å². The number of nitrogens with zero attached hydrogens (tertiary/aromatic N) is 1. The number of allylic oxidation sites excluding steroid dienone is 1. The van der Waals surface area contributed by atoms with Crippen LogP contribution in [0, 0.1) is 0 Å². The Morgan fingerprint density at radius 2 is 1.63 bits per heavy atom. The molecule has 3 aromatic carbocycles. The van der Waals surface area contributed by atoms with E-state index >= 15 is 0 Å². The minimum Gasteiger partial charge on any atom is -0.507 e. The fraction of sp³-hybridized carbons (Fsp3) is 0.0870. The summed E-state index contributed by atoms with van der Waals surface area (Å²) in [5.41, 5.74) is 3.95. The number of nitrogens with one attached hydrogen (secondary N) is 1. The van der Waals surface area contributed by atoms with Gasteiger partial charge in [0.25, 0.3) is 5.91 Å². The summed E-state index contributed by atoms with van der Waals surface area (Å²) in [5.74, 6) is 0.119. The van der Waals surface area contributed by atoms with Crippen molar-refractivity contribution in [1.82, 2.24) is 4.90 Å². The molecule has 4 rings (SSSR count). The van der Waals surface area contributed by atoms with Crippen LogP contribution in [0.2, 0.25) is 0 Å². The molecule has 3 aromatic rings. The number of fused-ring (bicyclic) bond motifs is 1. The van der Waals surface area contributed by atoms with E-state index in [0.29, 0.717) is 11.1 Å². The predicted octanol–water partition coefficient (Wildman–Crippen LogP) is 5.02. The molecule has 0 aromatic heterocycles. The highest BCUT2D eigenvalue weighted by atomic mass is 16.3. The molecule has 1 heterocycles. The Morgan fingerprint density at radius 3 is 2.41 bits per heavy atom. The number of carbonyl (C=O) groups is 1. The summed E-state index contributed by atoms with van der Waals surface area (Å²) in [6, 6.07) is 24.5. The Kier molecular flexibility index (Phi) is 4.38. The van der Waals surface area contributed by atoms with Crippen molar-refractivity contribution in [3.8, 4) is 5.75 Å². The van der Waals surface area contributed by atoms with Crippen LogP contribution in [-0.4, -0.2) is 15.9 Å². The highest BCUT2D eigenvalue weighted by molar-refractivity contribution is 6.02. The van der Waals surface area contributed by atoms with Crippen LogP contribution >= 0.6 is 0 Å². The maximum Gasteiger partial charge on any atom is 0.261 e. The van der Waals surface area contributed by atoms with Crippen LogP contribution in [0.5, 0.6) is 5.75 Å². The number of benzene rings is 3. The molecule has 0 spiro atoms. The third kappa shape index (κ3) is 3.17. The Bertz CT molecular complexity index is 1010. The maximum absolute atomic E-state index is 13.2. The maximum atomic E-state index is 13.2. The smallest absolute Gasteiger partial charge is 0.261 e. The number of hydrogen-bond acceptors (Lipinski definition) is 3. The number of para-hydroxylation sites is 2. The number of amides is 1. The van der Waals surface area contributed by atoms with E-state index in [-0.39, 0.29) is 17.8 Å². The molecular formula is C23H20N2O2. The van der Waals surface area contributed by atoms with E-state index in [2.05, 4.69) is 5.32 Å². The van der Waals surface area contributed by atoms with Crippen molar-refractivity contribution in [1.29, 1.82) is 0 Å². The second-order valence-corrected chi connectivity index (χ2v) is 6.54. The van der Waals surface area contributed by atoms with E-state index in [4.69, 9.17) is 0 Å². The van der Waals surface area contributed by atoms with Gasteiger partial charge in [-0.2, -0.15) is 0 Å². The van der Waals surface area contributed by atoms with E-state index < -0.39 is 0 Å². The molecule has 0 saturated heterocycles. The molecule has 0 saturated carbocycles. The first-order valence-corrected chi connectivity index (χ1v) is 8.85. The van der Waals surface area contributed by atoms with Gasteiger partial charge in [0, 0.05) is 17.5 Å². The minimum atomic E-state index is -0.325. The molecular weight excluding hydrogens is 336 g/mol. The second kappa shape index (κ2) is 7.00. The van der Waals surface area contributed by atoms with Gasteiger partial charge in [0.2, 0.25) is 0 Å². The zero-order chi connectivity index (χ0) is 18.8. The second-order valence-electron chi connectivity index (χ2n) is 6.54. The summed E-state index contributed by atoms with van der Waals surface area (Å²) in [4.78, 5) is 14.9. The quantitative estimate of drug-likeness (QED) is 0.693.